The lowest BCUT2D eigenvalue weighted by Crippen LogP contribution is -2.21. The number of pyridine rings is 1. The number of aromatic nitrogens is 1. The maximum Gasteiger partial charge on any atom is 0.233 e. The molecule has 2 rings (SSSR count). The molecule has 1 heterocycles. The quantitative estimate of drug-likeness (QED) is 0.926. The van der Waals surface area contributed by atoms with Crippen LogP contribution in [0.25, 0.3) is 0 Å². The fourth-order valence-corrected chi connectivity index (χ4v) is 2.29. The number of rotatable bonds is 4. The summed E-state index contributed by atoms with van der Waals surface area (Å²) in [5.74, 6) is 0.366. The summed E-state index contributed by atoms with van der Waals surface area (Å²) in [6.45, 7) is 2.00. The van der Waals surface area contributed by atoms with Gasteiger partial charge in [0.2, 0.25) is 5.91 Å². The Hall–Kier alpha value is -1.68. The van der Waals surface area contributed by atoms with Crippen LogP contribution in [0.2, 0.25) is 0 Å². The van der Waals surface area contributed by atoms with Crippen LogP contribution in [0.4, 0.5) is 5.82 Å². The van der Waals surface area contributed by atoms with Crippen LogP contribution in [-0.4, -0.2) is 10.9 Å². The van der Waals surface area contributed by atoms with E-state index in [1.807, 2.05) is 49.4 Å². The zero-order valence-corrected chi connectivity index (χ0v) is 12.2. The van der Waals surface area contributed by atoms with Gasteiger partial charge in [-0.25, -0.2) is 4.98 Å². The predicted octanol–water partition coefficient (Wildman–Crippen LogP) is 3.98. The van der Waals surface area contributed by atoms with Crippen molar-refractivity contribution in [3.05, 3.63) is 58.7 Å². The second-order valence-electron chi connectivity index (χ2n) is 4.19. The molecule has 19 heavy (non-hydrogen) atoms. The summed E-state index contributed by atoms with van der Waals surface area (Å²) in [7, 11) is 0. The molecule has 1 amide bonds. The maximum atomic E-state index is 12.3. The standard InChI is InChI=1S/C15H15BrN2O/c1-2-12(11-7-4-3-5-8-11)15(19)18-14-13(16)9-6-10-17-14/h3-10,12H,2H2,1H3,(H,17,18,19). The van der Waals surface area contributed by atoms with Gasteiger partial charge in [0.25, 0.3) is 0 Å². The van der Waals surface area contributed by atoms with E-state index in [0.29, 0.717) is 5.82 Å². The van der Waals surface area contributed by atoms with Crippen molar-refractivity contribution in [2.75, 3.05) is 5.32 Å². The van der Waals surface area contributed by atoms with Gasteiger partial charge in [-0.3, -0.25) is 4.79 Å². The first-order chi connectivity index (χ1) is 9.22. The Morgan fingerprint density at radius 1 is 1.26 bits per heavy atom. The lowest BCUT2D eigenvalue weighted by Gasteiger charge is -2.15. The largest absolute Gasteiger partial charge is 0.309 e. The van der Waals surface area contributed by atoms with E-state index in [1.165, 1.54) is 0 Å². The first-order valence-electron chi connectivity index (χ1n) is 6.18. The molecule has 0 saturated heterocycles. The molecule has 0 spiro atoms. The van der Waals surface area contributed by atoms with Gasteiger partial charge in [0.1, 0.15) is 5.82 Å². The molecule has 1 aromatic carbocycles. The van der Waals surface area contributed by atoms with Gasteiger partial charge in [0.05, 0.1) is 10.4 Å². The van der Waals surface area contributed by atoms with E-state index >= 15 is 0 Å². The highest BCUT2D eigenvalue weighted by molar-refractivity contribution is 9.10. The third-order valence-corrected chi connectivity index (χ3v) is 3.57. The molecular weight excluding hydrogens is 304 g/mol. The predicted molar refractivity (Wildman–Crippen MR) is 80.0 cm³/mol. The van der Waals surface area contributed by atoms with Crippen LogP contribution in [0.5, 0.6) is 0 Å². The number of benzene rings is 1. The third kappa shape index (κ3) is 3.41. The zero-order chi connectivity index (χ0) is 13.7. The van der Waals surface area contributed by atoms with E-state index in [4.69, 9.17) is 0 Å². The molecular formula is C15H15BrN2O. The second kappa shape index (κ2) is 6.48. The molecule has 0 aliphatic carbocycles. The fourth-order valence-electron chi connectivity index (χ4n) is 1.94. The van der Waals surface area contributed by atoms with Crippen molar-refractivity contribution in [1.29, 1.82) is 0 Å². The average Bonchev–Trinajstić information content (AvgIpc) is 2.43. The van der Waals surface area contributed by atoms with Crippen molar-refractivity contribution in [2.45, 2.75) is 19.3 Å². The van der Waals surface area contributed by atoms with E-state index in [9.17, 15) is 4.79 Å². The molecule has 0 radical (unpaired) electrons. The monoisotopic (exact) mass is 318 g/mol. The van der Waals surface area contributed by atoms with Gasteiger partial charge in [-0.05, 0) is 40.0 Å². The van der Waals surface area contributed by atoms with Gasteiger partial charge >= 0.3 is 0 Å². The van der Waals surface area contributed by atoms with Gasteiger partial charge in [-0.1, -0.05) is 37.3 Å². The van der Waals surface area contributed by atoms with E-state index < -0.39 is 0 Å². The molecule has 1 atom stereocenters. The number of nitrogens with zero attached hydrogens (tertiary/aromatic N) is 1. The molecule has 0 bridgehead atoms. The van der Waals surface area contributed by atoms with E-state index in [0.717, 1.165) is 16.5 Å². The molecule has 3 nitrogen and oxygen atoms in total. The van der Waals surface area contributed by atoms with E-state index in [2.05, 4.69) is 26.2 Å². The maximum absolute atomic E-state index is 12.3. The Labute approximate surface area is 121 Å². The van der Waals surface area contributed by atoms with Crippen LogP contribution >= 0.6 is 15.9 Å². The van der Waals surface area contributed by atoms with Gasteiger partial charge in [0.15, 0.2) is 0 Å². The lowest BCUT2D eigenvalue weighted by molar-refractivity contribution is -0.117. The van der Waals surface area contributed by atoms with Crippen LogP contribution in [0, 0.1) is 0 Å². The minimum Gasteiger partial charge on any atom is -0.309 e. The molecule has 98 valence electrons. The molecule has 0 saturated carbocycles. The third-order valence-electron chi connectivity index (χ3n) is 2.93. The number of anilines is 1. The van der Waals surface area contributed by atoms with Gasteiger partial charge < -0.3 is 5.32 Å². The Balaban J connectivity index is 2.17. The molecule has 1 unspecified atom stereocenters. The number of carbonyl (C=O) groups excluding carboxylic acids is 1. The van der Waals surface area contributed by atoms with Gasteiger partial charge in [-0.2, -0.15) is 0 Å². The minimum absolute atomic E-state index is 0.0342. The van der Waals surface area contributed by atoms with Crippen LogP contribution in [0.3, 0.4) is 0 Å². The van der Waals surface area contributed by atoms with Crippen LogP contribution in [0.15, 0.2) is 53.1 Å². The highest BCUT2D eigenvalue weighted by Gasteiger charge is 2.19. The van der Waals surface area contributed by atoms with E-state index in [1.54, 1.807) is 6.20 Å². The molecule has 0 aliphatic heterocycles. The second-order valence-corrected chi connectivity index (χ2v) is 5.05. The highest BCUT2D eigenvalue weighted by atomic mass is 79.9. The smallest absolute Gasteiger partial charge is 0.233 e. The molecule has 0 fully saturated rings. The summed E-state index contributed by atoms with van der Waals surface area (Å²) in [5.41, 5.74) is 1.02. The topological polar surface area (TPSA) is 42.0 Å². The molecule has 1 aromatic heterocycles. The number of hydrogen-bond donors (Lipinski definition) is 1. The highest BCUT2D eigenvalue weighted by Crippen LogP contribution is 2.23. The van der Waals surface area contributed by atoms with Crippen molar-refractivity contribution < 1.29 is 4.79 Å². The van der Waals surface area contributed by atoms with Crippen LogP contribution < -0.4 is 5.32 Å². The van der Waals surface area contributed by atoms with Crippen molar-refractivity contribution in [2.24, 2.45) is 0 Å². The molecule has 1 N–H and O–H groups in total. The molecule has 4 heteroatoms. The minimum atomic E-state index is -0.157. The number of halogens is 1. The Morgan fingerprint density at radius 2 is 2.00 bits per heavy atom. The van der Waals surface area contributed by atoms with Crippen molar-refractivity contribution in [3.63, 3.8) is 0 Å². The summed E-state index contributed by atoms with van der Waals surface area (Å²) in [6.07, 6.45) is 2.41. The average molecular weight is 319 g/mol. The Bertz CT molecular complexity index is 557. The molecule has 0 aliphatic rings. The summed E-state index contributed by atoms with van der Waals surface area (Å²) in [6, 6.07) is 13.5. The fraction of sp³-hybridized carbons (Fsp3) is 0.200. The first-order valence-corrected chi connectivity index (χ1v) is 6.98. The lowest BCUT2D eigenvalue weighted by atomic mass is 9.96. The number of amides is 1. The molecule has 2 aromatic rings. The summed E-state index contributed by atoms with van der Waals surface area (Å²) in [4.78, 5) is 16.5. The van der Waals surface area contributed by atoms with Crippen molar-refractivity contribution in [3.8, 4) is 0 Å². The Kier molecular flexibility index (Phi) is 4.68. The van der Waals surface area contributed by atoms with Gasteiger partial charge in [0, 0.05) is 6.20 Å². The SMILES string of the molecule is CCC(C(=O)Nc1ncccc1Br)c1ccccc1. The van der Waals surface area contributed by atoms with E-state index in [-0.39, 0.29) is 11.8 Å². The summed E-state index contributed by atoms with van der Waals surface area (Å²) in [5, 5.41) is 2.86. The Morgan fingerprint density at radius 3 is 2.63 bits per heavy atom. The number of nitrogens with one attached hydrogen (secondary N) is 1. The van der Waals surface area contributed by atoms with Crippen LogP contribution in [-0.2, 0) is 4.79 Å². The van der Waals surface area contributed by atoms with Crippen molar-refractivity contribution >= 4 is 27.7 Å². The number of carbonyl (C=O) groups is 1. The first kappa shape index (κ1) is 13.7. The zero-order valence-electron chi connectivity index (χ0n) is 10.6. The van der Waals surface area contributed by atoms with Crippen molar-refractivity contribution in [1.82, 2.24) is 4.98 Å². The summed E-state index contributed by atoms with van der Waals surface area (Å²) >= 11 is 3.37. The van der Waals surface area contributed by atoms with Crippen LogP contribution in [0.1, 0.15) is 24.8 Å². The van der Waals surface area contributed by atoms with Gasteiger partial charge in [-0.15, -0.1) is 0 Å². The number of hydrogen-bond acceptors (Lipinski definition) is 2. The normalized spacial score (nSPS) is 11.9. The summed E-state index contributed by atoms with van der Waals surface area (Å²) < 4.78 is 0.784.